The molecule has 0 fully saturated rings. The minimum Gasteiger partial charge on any atom is -0.489 e. The Morgan fingerprint density at radius 3 is 3.14 bits per heavy atom. The Labute approximate surface area is 86.6 Å². The molecule has 0 bridgehead atoms. The van der Waals surface area contributed by atoms with Crippen molar-refractivity contribution >= 4 is 17.6 Å². The van der Waals surface area contributed by atoms with Gasteiger partial charge in [-0.3, -0.25) is 4.79 Å². The second-order valence-corrected chi connectivity index (χ2v) is 3.53. The van der Waals surface area contributed by atoms with Gasteiger partial charge in [-0.1, -0.05) is 11.6 Å². The van der Waals surface area contributed by atoms with Crippen molar-refractivity contribution in [2.75, 3.05) is 6.61 Å². The van der Waals surface area contributed by atoms with Gasteiger partial charge < -0.3 is 9.47 Å². The van der Waals surface area contributed by atoms with Crippen LogP contribution in [0.25, 0.3) is 0 Å². The second kappa shape index (κ2) is 3.50. The standard InChI is InChI=1S/C10H9ClO3/c1-6(12)14-10-5-13-9-3-2-7(11)4-8(9)10/h2-4,10H,5H2,1H3. The van der Waals surface area contributed by atoms with Crippen molar-refractivity contribution in [3.8, 4) is 5.75 Å². The fraction of sp³-hybridized carbons (Fsp3) is 0.300. The van der Waals surface area contributed by atoms with Crippen LogP contribution in [0.5, 0.6) is 5.75 Å². The molecule has 14 heavy (non-hydrogen) atoms. The molecule has 74 valence electrons. The number of carbonyl (C=O) groups excluding carboxylic acids is 1. The minimum atomic E-state index is -0.318. The summed E-state index contributed by atoms with van der Waals surface area (Å²) < 4.78 is 10.4. The third-order valence-corrected chi connectivity index (χ3v) is 2.25. The summed E-state index contributed by atoms with van der Waals surface area (Å²) in [4.78, 5) is 10.8. The quantitative estimate of drug-likeness (QED) is 0.671. The monoisotopic (exact) mass is 212 g/mol. The van der Waals surface area contributed by atoms with Gasteiger partial charge in [0.05, 0.1) is 0 Å². The van der Waals surface area contributed by atoms with Gasteiger partial charge in [0.15, 0.2) is 6.10 Å². The molecule has 0 aliphatic carbocycles. The van der Waals surface area contributed by atoms with Gasteiger partial charge in [-0.15, -0.1) is 0 Å². The maximum absolute atomic E-state index is 10.8. The number of benzene rings is 1. The van der Waals surface area contributed by atoms with Crippen LogP contribution in [-0.2, 0) is 9.53 Å². The normalized spacial score (nSPS) is 18.6. The van der Waals surface area contributed by atoms with Gasteiger partial charge in [-0.2, -0.15) is 0 Å². The molecule has 0 N–H and O–H groups in total. The van der Waals surface area contributed by atoms with Gasteiger partial charge in [-0.25, -0.2) is 0 Å². The molecule has 1 aliphatic rings. The first-order chi connectivity index (χ1) is 6.66. The van der Waals surface area contributed by atoms with Crippen molar-refractivity contribution in [3.63, 3.8) is 0 Å². The molecule has 2 rings (SSSR count). The summed E-state index contributed by atoms with van der Waals surface area (Å²) in [6.07, 6.45) is -0.318. The zero-order valence-corrected chi connectivity index (χ0v) is 8.38. The molecule has 0 saturated heterocycles. The van der Waals surface area contributed by atoms with Crippen molar-refractivity contribution in [2.45, 2.75) is 13.0 Å². The summed E-state index contributed by atoms with van der Waals surface area (Å²) in [6, 6.07) is 5.29. The number of hydrogen-bond acceptors (Lipinski definition) is 3. The summed E-state index contributed by atoms with van der Waals surface area (Å²) in [5, 5.41) is 0.617. The Morgan fingerprint density at radius 1 is 1.64 bits per heavy atom. The molecule has 1 atom stereocenters. The van der Waals surface area contributed by atoms with Gasteiger partial charge in [0.25, 0.3) is 0 Å². The van der Waals surface area contributed by atoms with Crippen LogP contribution < -0.4 is 4.74 Å². The molecule has 1 aromatic carbocycles. The zero-order valence-electron chi connectivity index (χ0n) is 7.62. The number of rotatable bonds is 1. The van der Waals surface area contributed by atoms with Crippen molar-refractivity contribution in [2.24, 2.45) is 0 Å². The first-order valence-corrected chi connectivity index (χ1v) is 4.64. The Kier molecular flexibility index (Phi) is 2.33. The number of hydrogen-bond donors (Lipinski definition) is 0. The van der Waals surface area contributed by atoms with Crippen molar-refractivity contribution < 1.29 is 14.3 Å². The number of halogens is 1. The first kappa shape index (κ1) is 9.34. The molecule has 0 spiro atoms. The Morgan fingerprint density at radius 2 is 2.43 bits per heavy atom. The SMILES string of the molecule is CC(=O)OC1COc2ccc(Cl)cc21. The maximum Gasteiger partial charge on any atom is 0.303 e. The Balaban J connectivity index is 2.28. The molecule has 0 radical (unpaired) electrons. The van der Waals surface area contributed by atoms with Gasteiger partial charge in [-0.05, 0) is 18.2 Å². The van der Waals surface area contributed by atoms with E-state index in [1.54, 1.807) is 18.2 Å². The maximum atomic E-state index is 10.8. The highest BCUT2D eigenvalue weighted by molar-refractivity contribution is 6.30. The van der Waals surface area contributed by atoms with Gasteiger partial charge in [0, 0.05) is 17.5 Å². The van der Waals surface area contributed by atoms with Crippen LogP contribution in [0.1, 0.15) is 18.6 Å². The zero-order chi connectivity index (χ0) is 10.1. The van der Waals surface area contributed by atoms with E-state index in [0.29, 0.717) is 11.6 Å². The number of esters is 1. The predicted molar refractivity (Wildman–Crippen MR) is 51.5 cm³/mol. The molecule has 1 aliphatic heterocycles. The number of carbonyl (C=O) groups is 1. The molecule has 0 amide bonds. The van der Waals surface area contributed by atoms with E-state index in [1.165, 1.54) is 6.92 Å². The third kappa shape index (κ3) is 1.68. The number of fused-ring (bicyclic) bond motifs is 1. The summed E-state index contributed by atoms with van der Waals surface area (Å²) >= 11 is 5.83. The Hall–Kier alpha value is -1.22. The van der Waals surface area contributed by atoms with E-state index in [2.05, 4.69) is 0 Å². The summed E-state index contributed by atoms with van der Waals surface area (Å²) in [7, 11) is 0. The summed E-state index contributed by atoms with van der Waals surface area (Å²) in [6.45, 7) is 1.75. The van der Waals surface area contributed by atoms with Crippen LogP contribution in [0.15, 0.2) is 18.2 Å². The fourth-order valence-corrected chi connectivity index (χ4v) is 1.64. The lowest BCUT2D eigenvalue weighted by molar-refractivity contribution is -0.147. The Bertz CT molecular complexity index is 376. The van der Waals surface area contributed by atoms with E-state index in [0.717, 1.165) is 11.3 Å². The highest BCUT2D eigenvalue weighted by Gasteiger charge is 2.26. The van der Waals surface area contributed by atoms with Gasteiger partial charge in [0.2, 0.25) is 0 Å². The summed E-state index contributed by atoms with van der Waals surface area (Å²) in [5.74, 6) is 0.423. The molecule has 1 unspecified atom stereocenters. The van der Waals surface area contributed by atoms with Gasteiger partial charge >= 0.3 is 5.97 Å². The molecule has 4 heteroatoms. The van der Waals surface area contributed by atoms with Crippen LogP contribution in [0.2, 0.25) is 5.02 Å². The van der Waals surface area contributed by atoms with Crippen molar-refractivity contribution in [1.29, 1.82) is 0 Å². The average Bonchev–Trinajstić information content (AvgIpc) is 2.47. The van der Waals surface area contributed by atoms with Crippen LogP contribution in [0, 0.1) is 0 Å². The van der Waals surface area contributed by atoms with Crippen LogP contribution in [0.4, 0.5) is 0 Å². The minimum absolute atomic E-state index is 0.313. The van der Waals surface area contributed by atoms with Crippen LogP contribution in [0.3, 0.4) is 0 Å². The molecule has 1 heterocycles. The summed E-state index contributed by atoms with van der Waals surface area (Å²) in [5.41, 5.74) is 0.840. The highest BCUT2D eigenvalue weighted by Crippen LogP contribution is 2.36. The fourth-order valence-electron chi connectivity index (χ4n) is 1.46. The van der Waals surface area contributed by atoms with E-state index >= 15 is 0 Å². The van der Waals surface area contributed by atoms with Crippen molar-refractivity contribution in [3.05, 3.63) is 28.8 Å². The topological polar surface area (TPSA) is 35.5 Å². The van der Waals surface area contributed by atoms with Crippen LogP contribution >= 0.6 is 11.6 Å². The number of ether oxygens (including phenoxy) is 2. The highest BCUT2D eigenvalue weighted by atomic mass is 35.5. The first-order valence-electron chi connectivity index (χ1n) is 4.26. The van der Waals surface area contributed by atoms with E-state index in [-0.39, 0.29) is 12.1 Å². The lowest BCUT2D eigenvalue weighted by Crippen LogP contribution is -2.09. The van der Waals surface area contributed by atoms with E-state index in [1.807, 2.05) is 0 Å². The van der Waals surface area contributed by atoms with Gasteiger partial charge in [0.1, 0.15) is 12.4 Å². The van der Waals surface area contributed by atoms with Crippen LogP contribution in [-0.4, -0.2) is 12.6 Å². The van der Waals surface area contributed by atoms with E-state index in [9.17, 15) is 4.79 Å². The molecule has 0 saturated carbocycles. The second-order valence-electron chi connectivity index (χ2n) is 3.09. The predicted octanol–water partition coefficient (Wildman–Crippen LogP) is 2.34. The molecule has 0 aromatic heterocycles. The lowest BCUT2D eigenvalue weighted by Gasteiger charge is -2.08. The smallest absolute Gasteiger partial charge is 0.303 e. The average molecular weight is 213 g/mol. The third-order valence-electron chi connectivity index (χ3n) is 2.02. The molecule has 1 aromatic rings. The van der Waals surface area contributed by atoms with E-state index in [4.69, 9.17) is 21.1 Å². The lowest BCUT2D eigenvalue weighted by atomic mass is 10.1. The van der Waals surface area contributed by atoms with Crippen molar-refractivity contribution in [1.82, 2.24) is 0 Å². The molecular formula is C10H9ClO3. The van der Waals surface area contributed by atoms with E-state index < -0.39 is 0 Å². The molecular weight excluding hydrogens is 204 g/mol. The largest absolute Gasteiger partial charge is 0.489 e. The molecule has 3 nitrogen and oxygen atoms in total.